The van der Waals surface area contributed by atoms with Crippen molar-refractivity contribution >= 4 is 5.97 Å². The Morgan fingerprint density at radius 2 is 2.25 bits per heavy atom. The van der Waals surface area contributed by atoms with Gasteiger partial charge in [-0.3, -0.25) is 0 Å². The molecule has 0 aliphatic carbocycles. The third-order valence-electron chi connectivity index (χ3n) is 2.15. The molecule has 5 heteroatoms. The number of aromatic amines is 1. The second-order valence-electron chi connectivity index (χ2n) is 3.32. The molecule has 0 saturated carbocycles. The fourth-order valence-electron chi connectivity index (χ4n) is 1.09. The van der Waals surface area contributed by atoms with Crippen molar-refractivity contribution in [1.82, 2.24) is 4.98 Å². The number of aromatic nitrogens is 1. The third kappa shape index (κ3) is 2.40. The fourth-order valence-corrected chi connectivity index (χ4v) is 1.09. The minimum absolute atomic E-state index is 0.0411. The lowest BCUT2D eigenvalue weighted by Crippen LogP contribution is -2.15. The summed E-state index contributed by atoms with van der Waals surface area (Å²) in [5.74, 6) is -0.604. The average molecular weight is 217 g/mol. The summed E-state index contributed by atoms with van der Waals surface area (Å²) in [5.41, 5.74) is 0.344. The maximum atomic E-state index is 11.6. The van der Waals surface area contributed by atoms with Crippen LogP contribution in [0.15, 0.2) is 6.07 Å². The molecule has 0 saturated heterocycles. The highest BCUT2D eigenvalue weighted by Crippen LogP contribution is 2.12. The molecule has 82 valence electrons. The smallest absolute Gasteiger partial charge is 0.356 e. The van der Waals surface area contributed by atoms with Crippen LogP contribution in [0.2, 0.25) is 0 Å². The molecule has 1 aromatic heterocycles. The highest BCUT2D eigenvalue weighted by molar-refractivity contribution is 5.90. The topological polar surface area (TPSA) is 89.7 Å². The van der Waals surface area contributed by atoms with Crippen molar-refractivity contribution in [3.05, 3.63) is 23.0 Å². The molecular weight excluding hydrogens is 206 g/mol. The van der Waals surface area contributed by atoms with Gasteiger partial charge in [-0.25, -0.2) is 4.79 Å². The van der Waals surface area contributed by atoms with E-state index in [-0.39, 0.29) is 23.1 Å². The Hall–Kier alpha value is -2.27. The summed E-state index contributed by atoms with van der Waals surface area (Å²) in [5, 5.41) is 17.4. The monoisotopic (exact) mass is 217 g/mol. The van der Waals surface area contributed by atoms with Crippen LogP contribution in [0.3, 0.4) is 0 Å². The summed E-state index contributed by atoms with van der Waals surface area (Å²) >= 11 is 0. The number of nitriles is 2. The maximum absolute atomic E-state index is 11.6. The molecule has 1 N–H and O–H groups in total. The predicted octanol–water partition coefficient (Wildman–Crippen LogP) is 1.71. The Labute approximate surface area is 93.3 Å². The predicted molar refractivity (Wildman–Crippen MR) is 55.4 cm³/mol. The lowest BCUT2D eigenvalue weighted by atomic mass is 10.2. The number of carbonyl (C=O) groups excluding carboxylic acids is 1. The molecule has 1 atom stereocenters. The van der Waals surface area contributed by atoms with Gasteiger partial charge in [-0.2, -0.15) is 10.5 Å². The second kappa shape index (κ2) is 4.99. The Morgan fingerprint density at radius 3 is 2.75 bits per heavy atom. The lowest BCUT2D eigenvalue weighted by Gasteiger charge is -2.09. The number of ether oxygens (including phenoxy) is 1. The van der Waals surface area contributed by atoms with Gasteiger partial charge in [0, 0.05) is 0 Å². The van der Waals surface area contributed by atoms with E-state index in [4.69, 9.17) is 15.3 Å². The lowest BCUT2D eigenvalue weighted by molar-refractivity contribution is 0.0328. The van der Waals surface area contributed by atoms with Crippen molar-refractivity contribution in [3.63, 3.8) is 0 Å². The molecule has 16 heavy (non-hydrogen) atoms. The van der Waals surface area contributed by atoms with E-state index in [1.807, 2.05) is 19.1 Å². The zero-order valence-corrected chi connectivity index (χ0v) is 9.07. The molecule has 5 nitrogen and oxygen atoms in total. The molecule has 0 aliphatic rings. The molecular formula is C11H11N3O2. The Kier molecular flexibility index (Phi) is 3.68. The SMILES string of the molecule is CCC(C)OC(=O)c1[nH]c(C#N)cc1C#N. The van der Waals surface area contributed by atoms with Crippen LogP contribution in [-0.2, 0) is 4.74 Å². The van der Waals surface area contributed by atoms with Gasteiger partial charge in [0.2, 0.25) is 0 Å². The van der Waals surface area contributed by atoms with Gasteiger partial charge in [0.25, 0.3) is 0 Å². The summed E-state index contributed by atoms with van der Waals surface area (Å²) in [6, 6.07) is 5.00. The van der Waals surface area contributed by atoms with Gasteiger partial charge in [-0.1, -0.05) is 6.92 Å². The highest BCUT2D eigenvalue weighted by atomic mass is 16.5. The third-order valence-corrected chi connectivity index (χ3v) is 2.15. The zero-order valence-electron chi connectivity index (χ0n) is 9.07. The van der Waals surface area contributed by atoms with E-state index < -0.39 is 5.97 Å². The van der Waals surface area contributed by atoms with Crippen molar-refractivity contribution in [2.75, 3.05) is 0 Å². The summed E-state index contributed by atoms with van der Waals surface area (Å²) in [4.78, 5) is 14.2. The number of nitrogens with one attached hydrogen (secondary N) is 1. The van der Waals surface area contributed by atoms with E-state index in [0.717, 1.165) is 0 Å². The van der Waals surface area contributed by atoms with Crippen LogP contribution in [0.1, 0.15) is 42.0 Å². The van der Waals surface area contributed by atoms with Crippen LogP contribution in [0.25, 0.3) is 0 Å². The number of esters is 1. The van der Waals surface area contributed by atoms with Gasteiger partial charge in [-0.15, -0.1) is 0 Å². The molecule has 1 unspecified atom stereocenters. The van der Waals surface area contributed by atoms with Crippen LogP contribution >= 0.6 is 0 Å². The first-order valence-electron chi connectivity index (χ1n) is 4.86. The van der Waals surface area contributed by atoms with Crippen molar-refractivity contribution in [2.45, 2.75) is 26.4 Å². The number of nitrogens with zero attached hydrogens (tertiary/aromatic N) is 2. The highest BCUT2D eigenvalue weighted by Gasteiger charge is 2.18. The second-order valence-corrected chi connectivity index (χ2v) is 3.32. The Bertz CT molecular complexity index is 476. The van der Waals surface area contributed by atoms with Gasteiger partial charge in [-0.05, 0) is 19.4 Å². The van der Waals surface area contributed by atoms with Gasteiger partial charge in [0.15, 0.2) is 0 Å². The number of hydrogen-bond acceptors (Lipinski definition) is 4. The van der Waals surface area contributed by atoms with E-state index in [0.29, 0.717) is 6.42 Å². The molecule has 0 fully saturated rings. The zero-order chi connectivity index (χ0) is 12.1. The minimum atomic E-state index is -0.604. The van der Waals surface area contributed by atoms with Gasteiger partial charge < -0.3 is 9.72 Å². The van der Waals surface area contributed by atoms with Gasteiger partial charge in [0.1, 0.15) is 23.5 Å². The molecule has 0 amide bonds. The van der Waals surface area contributed by atoms with E-state index in [9.17, 15) is 4.79 Å². The number of carbonyl (C=O) groups is 1. The normalized spacial score (nSPS) is 11.2. The molecule has 0 aromatic carbocycles. The van der Waals surface area contributed by atoms with Crippen LogP contribution in [-0.4, -0.2) is 17.1 Å². The van der Waals surface area contributed by atoms with E-state index in [2.05, 4.69) is 4.98 Å². The molecule has 1 rings (SSSR count). The summed E-state index contributed by atoms with van der Waals surface area (Å²) in [7, 11) is 0. The molecule has 0 radical (unpaired) electrons. The number of H-pyrrole nitrogens is 1. The van der Waals surface area contributed by atoms with Crippen molar-refractivity contribution in [2.24, 2.45) is 0 Å². The summed E-state index contributed by atoms with van der Waals surface area (Å²) < 4.78 is 5.06. The minimum Gasteiger partial charge on any atom is -0.458 e. The van der Waals surface area contributed by atoms with E-state index in [1.54, 1.807) is 6.92 Å². The Balaban J connectivity index is 2.96. The molecule has 0 aliphatic heterocycles. The number of rotatable bonds is 3. The molecule has 1 heterocycles. The van der Waals surface area contributed by atoms with Crippen LogP contribution in [0.5, 0.6) is 0 Å². The molecule has 0 bridgehead atoms. The molecule has 1 aromatic rings. The number of hydrogen-bond donors (Lipinski definition) is 1. The quantitative estimate of drug-likeness (QED) is 0.780. The van der Waals surface area contributed by atoms with Crippen molar-refractivity contribution in [3.8, 4) is 12.1 Å². The van der Waals surface area contributed by atoms with E-state index in [1.165, 1.54) is 6.07 Å². The van der Waals surface area contributed by atoms with Gasteiger partial charge >= 0.3 is 5.97 Å². The molecule has 0 spiro atoms. The maximum Gasteiger partial charge on any atom is 0.356 e. The van der Waals surface area contributed by atoms with Crippen LogP contribution in [0.4, 0.5) is 0 Å². The first-order valence-corrected chi connectivity index (χ1v) is 4.86. The van der Waals surface area contributed by atoms with Crippen LogP contribution < -0.4 is 0 Å². The standard InChI is InChI=1S/C11H11N3O2/c1-3-7(2)16-11(15)10-8(5-12)4-9(6-13)14-10/h4,7,14H,3H2,1-2H3. The summed E-state index contributed by atoms with van der Waals surface area (Å²) in [6.45, 7) is 3.65. The summed E-state index contributed by atoms with van der Waals surface area (Å²) in [6.07, 6.45) is 0.479. The van der Waals surface area contributed by atoms with E-state index >= 15 is 0 Å². The first kappa shape index (κ1) is 11.8. The average Bonchev–Trinajstić information content (AvgIpc) is 2.71. The van der Waals surface area contributed by atoms with Crippen LogP contribution in [0, 0.1) is 22.7 Å². The fraction of sp³-hybridized carbons (Fsp3) is 0.364. The largest absolute Gasteiger partial charge is 0.458 e. The van der Waals surface area contributed by atoms with Crippen molar-refractivity contribution in [1.29, 1.82) is 10.5 Å². The Morgan fingerprint density at radius 1 is 1.56 bits per heavy atom. The first-order chi connectivity index (χ1) is 7.62. The van der Waals surface area contributed by atoms with Gasteiger partial charge in [0.05, 0.1) is 11.7 Å². The van der Waals surface area contributed by atoms with Crippen molar-refractivity contribution < 1.29 is 9.53 Å².